The van der Waals surface area contributed by atoms with Gasteiger partial charge in [0, 0.05) is 3.92 Å². The van der Waals surface area contributed by atoms with Gasteiger partial charge in [0.15, 0.2) is 0 Å². The molecular formula is C9H17IO2. The fourth-order valence-corrected chi connectivity index (χ4v) is 1.91. The lowest BCUT2D eigenvalue weighted by atomic mass is 9.85. The fourth-order valence-electron chi connectivity index (χ4n) is 0.811. The van der Waals surface area contributed by atoms with Gasteiger partial charge in [-0.05, 0) is 26.2 Å². The second kappa shape index (κ2) is 4.44. The van der Waals surface area contributed by atoms with Crippen LogP contribution in [0, 0.1) is 11.3 Å². The van der Waals surface area contributed by atoms with Gasteiger partial charge in [-0.1, -0.05) is 36.4 Å². The lowest BCUT2D eigenvalue weighted by Crippen LogP contribution is -2.28. The van der Waals surface area contributed by atoms with Gasteiger partial charge in [-0.25, -0.2) is 0 Å². The monoisotopic (exact) mass is 284 g/mol. The van der Waals surface area contributed by atoms with Crippen LogP contribution in [0.1, 0.15) is 34.1 Å². The molecule has 0 aromatic heterocycles. The fraction of sp³-hybridized carbons (Fsp3) is 0.889. The Morgan fingerprint density at radius 1 is 1.50 bits per heavy atom. The number of aliphatic carboxylic acids is 1. The molecule has 0 aliphatic heterocycles. The molecule has 2 nitrogen and oxygen atoms in total. The van der Waals surface area contributed by atoms with Crippen molar-refractivity contribution >= 4 is 28.6 Å². The van der Waals surface area contributed by atoms with Crippen molar-refractivity contribution in [1.29, 1.82) is 0 Å². The van der Waals surface area contributed by atoms with Gasteiger partial charge in [-0.3, -0.25) is 4.79 Å². The summed E-state index contributed by atoms with van der Waals surface area (Å²) in [6, 6.07) is 0. The van der Waals surface area contributed by atoms with Gasteiger partial charge < -0.3 is 5.11 Å². The quantitative estimate of drug-likeness (QED) is 0.636. The number of hydrogen-bond donors (Lipinski definition) is 1. The Labute approximate surface area is 87.9 Å². The Kier molecular flexibility index (Phi) is 4.51. The van der Waals surface area contributed by atoms with E-state index in [2.05, 4.69) is 36.4 Å². The van der Waals surface area contributed by atoms with Crippen LogP contribution >= 0.6 is 22.6 Å². The van der Waals surface area contributed by atoms with Crippen molar-refractivity contribution < 1.29 is 9.90 Å². The van der Waals surface area contributed by atoms with E-state index in [-0.39, 0.29) is 0 Å². The highest BCUT2D eigenvalue weighted by Gasteiger charge is 2.30. The van der Waals surface area contributed by atoms with Gasteiger partial charge in [0.2, 0.25) is 0 Å². The minimum Gasteiger partial charge on any atom is -0.481 e. The maximum absolute atomic E-state index is 10.8. The Morgan fingerprint density at radius 2 is 1.92 bits per heavy atom. The summed E-state index contributed by atoms with van der Waals surface area (Å²) in [5.74, 6) is -0.158. The minimum absolute atomic E-state index is 0.439. The standard InChI is InChI=1S/C9H17IO2/c1-6(2)7(10)5-9(3,4)8(11)12/h6-7H,5H2,1-4H3,(H,11,12). The summed E-state index contributed by atoms with van der Waals surface area (Å²) < 4.78 is 0.439. The molecule has 0 saturated heterocycles. The lowest BCUT2D eigenvalue weighted by molar-refractivity contribution is -0.147. The second-order valence-corrected chi connectivity index (χ2v) is 5.75. The number of alkyl halides is 1. The van der Waals surface area contributed by atoms with Crippen molar-refractivity contribution in [2.45, 2.75) is 38.0 Å². The van der Waals surface area contributed by atoms with E-state index in [9.17, 15) is 4.79 Å². The van der Waals surface area contributed by atoms with Gasteiger partial charge in [0.25, 0.3) is 0 Å². The van der Waals surface area contributed by atoms with Crippen LogP contribution in [0.2, 0.25) is 0 Å². The smallest absolute Gasteiger partial charge is 0.309 e. The lowest BCUT2D eigenvalue weighted by Gasteiger charge is -2.24. The molecule has 12 heavy (non-hydrogen) atoms. The zero-order valence-corrected chi connectivity index (χ0v) is 10.3. The molecule has 0 aliphatic carbocycles. The van der Waals surface area contributed by atoms with Crippen LogP contribution in [0.4, 0.5) is 0 Å². The molecule has 72 valence electrons. The maximum Gasteiger partial charge on any atom is 0.309 e. The summed E-state index contributed by atoms with van der Waals surface area (Å²) in [6.45, 7) is 7.80. The normalized spacial score (nSPS) is 14.8. The van der Waals surface area contributed by atoms with E-state index >= 15 is 0 Å². The first-order valence-electron chi connectivity index (χ1n) is 4.15. The van der Waals surface area contributed by atoms with Gasteiger partial charge in [0.05, 0.1) is 5.41 Å². The van der Waals surface area contributed by atoms with Crippen LogP contribution in [0.3, 0.4) is 0 Å². The van der Waals surface area contributed by atoms with E-state index < -0.39 is 11.4 Å². The highest BCUT2D eigenvalue weighted by atomic mass is 127. The third kappa shape index (κ3) is 3.74. The molecule has 0 fully saturated rings. The van der Waals surface area contributed by atoms with Crippen molar-refractivity contribution in [2.75, 3.05) is 0 Å². The zero-order valence-electron chi connectivity index (χ0n) is 8.10. The Bertz CT molecular complexity index is 164. The van der Waals surface area contributed by atoms with E-state index in [0.29, 0.717) is 9.84 Å². The van der Waals surface area contributed by atoms with E-state index in [4.69, 9.17) is 5.11 Å². The number of rotatable bonds is 4. The SMILES string of the molecule is CC(C)C(I)CC(C)(C)C(=O)O. The molecule has 0 amide bonds. The molecule has 0 bridgehead atoms. The third-order valence-corrected chi connectivity index (χ3v) is 3.89. The van der Waals surface area contributed by atoms with Crippen molar-refractivity contribution in [3.05, 3.63) is 0 Å². The first kappa shape index (κ1) is 12.2. The summed E-state index contributed by atoms with van der Waals surface area (Å²) >= 11 is 2.33. The molecule has 0 aromatic rings. The number of carbonyl (C=O) groups is 1. The highest BCUT2D eigenvalue weighted by Crippen LogP contribution is 2.29. The first-order valence-corrected chi connectivity index (χ1v) is 5.39. The zero-order chi connectivity index (χ0) is 9.94. The molecule has 0 heterocycles. The Balaban J connectivity index is 4.15. The number of halogens is 1. The topological polar surface area (TPSA) is 37.3 Å². The predicted molar refractivity (Wildman–Crippen MR) is 58.7 cm³/mol. The van der Waals surface area contributed by atoms with Crippen LogP contribution in [0.15, 0.2) is 0 Å². The molecule has 0 spiro atoms. The van der Waals surface area contributed by atoms with Crippen LogP contribution in [0.25, 0.3) is 0 Å². The van der Waals surface area contributed by atoms with Crippen LogP contribution in [-0.4, -0.2) is 15.0 Å². The van der Waals surface area contributed by atoms with Crippen molar-refractivity contribution in [1.82, 2.24) is 0 Å². The van der Waals surface area contributed by atoms with Crippen molar-refractivity contribution in [3.8, 4) is 0 Å². The van der Waals surface area contributed by atoms with E-state index in [1.165, 1.54) is 0 Å². The largest absolute Gasteiger partial charge is 0.481 e. The maximum atomic E-state index is 10.8. The van der Waals surface area contributed by atoms with Gasteiger partial charge in [-0.2, -0.15) is 0 Å². The number of hydrogen-bond acceptors (Lipinski definition) is 1. The van der Waals surface area contributed by atoms with Gasteiger partial charge >= 0.3 is 5.97 Å². The first-order chi connectivity index (χ1) is 5.27. The van der Waals surface area contributed by atoms with E-state index in [0.717, 1.165) is 6.42 Å². The summed E-state index contributed by atoms with van der Waals surface area (Å²) in [6.07, 6.45) is 0.737. The van der Waals surface area contributed by atoms with Crippen molar-refractivity contribution in [2.24, 2.45) is 11.3 Å². The summed E-state index contributed by atoms with van der Waals surface area (Å²) in [5.41, 5.74) is -0.587. The summed E-state index contributed by atoms with van der Waals surface area (Å²) in [7, 11) is 0. The van der Waals surface area contributed by atoms with E-state index in [1.807, 2.05) is 0 Å². The molecule has 3 heteroatoms. The van der Waals surface area contributed by atoms with E-state index in [1.54, 1.807) is 13.8 Å². The molecule has 0 saturated carbocycles. The Hall–Kier alpha value is 0.200. The molecule has 1 N–H and O–H groups in total. The third-order valence-electron chi connectivity index (χ3n) is 2.01. The molecular weight excluding hydrogens is 267 g/mol. The second-order valence-electron chi connectivity index (χ2n) is 4.15. The van der Waals surface area contributed by atoms with Crippen LogP contribution < -0.4 is 0 Å². The molecule has 0 aliphatic rings. The minimum atomic E-state index is -0.704. The predicted octanol–water partition coefficient (Wildman–Crippen LogP) is 2.95. The number of carboxylic acids is 1. The molecule has 0 radical (unpaired) electrons. The summed E-state index contributed by atoms with van der Waals surface area (Å²) in [4.78, 5) is 10.8. The number of carboxylic acid groups (broad SMARTS) is 1. The van der Waals surface area contributed by atoms with Crippen molar-refractivity contribution in [3.63, 3.8) is 0 Å². The highest BCUT2D eigenvalue weighted by molar-refractivity contribution is 14.1. The molecule has 0 aromatic carbocycles. The molecule has 1 atom stereocenters. The van der Waals surface area contributed by atoms with Crippen LogP contribution in [-0.2, 0) is 4.79 Å². The van der Waals surface area contributed by atoms with Gasteiger partial charge in [-0.15, -0.1) is 0 Å². The molecule has 0 rings (SSSR count). The van der Waals surface area contributed by atoms with Crippen LogP contribution in [0.5, 0.6) is 0 Å². The van der Waals surface area contributed by atoms with Gasteiger partial charge in [0.1, 0.15) is 0 Å². The average Bonchev–Trinajstić information content (AvgIpc) is 1.85. The Morgan fingerprint density at radius 3 is 2.17 bits per heavy atom. The average molecular weight is 284 g/mol. The molecule has 1 unspecified atom stereocenters. The summed E-state index contributed by atoms with van der Waals surface area (Å²) in [5, 5.41) is 8.87.